The van der Waals surface area contributed by atoms with E-state index >= 15 is 0 Å². The van der Waals surface area contributed by atoms with Gasteiger partial charge in [-0.1, -0.05) is 18.2 Å². The predicted molar refractivity (Wildman–Crippen MR) is 103 cm³/mol. The molecular weight excluding hydrogens is 356 g/mol. The van der Waals surface area contributed by atoms with Crippen LogP contribution in [0.1, 0.15) is 44.4 Å². The highest BCUT2D eigenvalue weighted by atomic mass is 16.5. The second-order valence-electron chi connectivity index (χ2n) is 6.41. The molecule has 2 aromatic carbocycles. The maximum absolute atomic E-state index is 12.0. The Kier molecular flexibility index (Phi) is 4.76. The summed E-state index contributed by atoms with van der Waals surface area (Å²) in [6.45, 7) is 0.355. The molecule has 0 aliphatic carbocycles. The third kappa shape index (κ3) is 3.44. The second kappa shape index (κ2) is 7.52. The van der Waals surface area contributed by atoms with Crippen molar-refractivity contribution in [3.05, 3.63) is 89.2 Å². The van der Waals surface area contributed by atoms with E-state index in [9.17, 15) is 9.59 Å². The van der Waals surface area contributed by atoms with Gasteiger partial charge < -0.3 is 15.2 Å². The van der Waals surface area contributed by atoms with Gasteiger partial charge in [0.1, 0.15) is 17.6 Å². The van der Waals surface area contributed by atoms with Crippen LogP contribution in [0, 0.1) is 0 Å². The Morgan fingerprint density at radius 2 is 1.89 bits per heavy atom. The number of rotatable bonds is 5. The SMILES string of the molecule is NC(=O)c1ccccc1[C@@H](Oc1ccc2c(c1)OCCC2=O)c1ccncc1. The number of Topliss-reactive ketones (excluding diaryl/α,β-unsaturated/α-hetero) is 1. The number of ketones is 1. The number of carbonyl (C=O) groups is 2. The lowest BCUT2D eigenvalue weighted by Gasteiger charge is -2.23. The van der Waals surface area contributed by atoms with Crippen molar-refractivity contribution in [2.75, 3.05) is 6.61 Å². The van der Waals surface area contributed by atoms with Crippen LogP contribution < -0.4 is 15.2 Å². The Bertz CT molecular complexity index is 1030. The van der Waals surface area contributed by atoms with Crippen LogP contribution in [0.4, 0.5) is 0 Å². The highest BCUT2D eigenvalue weighted by Gasteiger charge is 2.23. The Balaban J connectivity index is 1.76. The summed E-state index contributed by atoms with van der Waals surface area (Å²) in [4.78, 5) is 28.0. The van der Waals surface area contributed by atoms with Gasteiger partial charge >= 0.3 is 0 Å². The minimum Gasteiger partial charge on any atom is -0.492 e. The zero-order chi connectivity index (χ0) is 19.5. The zero-order valence-corrected chi connectivity index (χ0v) is 15.0. The molecule has 140 valence electrons. The summed E-state index contributed by atoms with van der Waals surface area (Å²) in [7, 11) is 0. The van der Waals surface area contributed by atoms with Crippen molar-refractivity contribution in [2.24, 2.45) is 5.73 Å². The monoisotopic (exact) mass is 374 g/mol. The van der Waals surface area contributed by atoms with Crippen LogP contribution in [0.3, 0.4) is 0 Å². The van der Waals surface area contributed by atoms with Gasteiger partial charge in [0.05, 0.1) is 12.2 Å². The Labute approximate surface area is 161 Å². The minimum absolute atomic E-state index is 0.0533. The normalized spacial score (nSPS) is 13.9. The van der Waals surface area contributed by atoms with Gasteiger partial charge in [0.15, 0.2) is 5.78 Å². The molecule has 1 aromatic heterocycles. The van der Waals surface area contributed by atoms with Crippen LogP contribution in [-0.2, 0) is 0 Å². The number of nitrogens with two attached hydrogens (primary N) is 1. The number of nitrogens with zero attached hydrogens (tertiary/aromatic N) is 1. The predicted octanol–water partition coefficient (Wildman–Crippen LogP) is 3.31. The van der Waals surface area contributed by atoms with Crippen molar-refractivity contribution in [2.45, 2.75) is 12.5 Å². The molecule has 0 unspecified atom stereocenters. The second-order valence-corrected chi connectivity index (χ2v) is 6.41. The highest BCUT2D eigenvalue weighted by molar-refractivity contribution is 5.99. The number of ether oxygens (including phenoxy) is 2. The van der Waals surface area contributed by atoms with Gasteiger partial charge in [-0.25, -0.2) is 0 Å². The van der Waals surface area contributed by atoms with Crippen LogP contribution in [0.15, 0.2) is 67.0 Å². The number of aromatic nitrogens is 1. The molecule has 1 aliphatic rings. The van der Waals surface area contributed by atoms with E-state index in [1.807, 2.05) is 24.3 Å². The molecule has 6 heteroatoms. The summed E-state index contributed by atoms with van der Waals surface area (Å²) < 4.78 is 11.9. The number of hydrogen-bond donors (Lipinski definition) is 1. The van der Waals surface area contributed by atoms with Gasteiger partial charge in [-0.2, -0.15) is 0 Å². The van der Waals surface area contributed by atoms with E-state index in [0.29, 0.717) is 41.2 Å². The van der Waals surface area contributed by atoms with Crippen molar-refractivity contribution in [1.82, 2.24) is 4.98 Å². The Morgan fingerprint density at radius 1 is 1.11 bits per heavy atom. The van der Waals surface area contributed by atoms with E-state index in [4.69, 9.17) is 15.2 Å². The maximum atomic E-state index is 12.0. The fraction of sp³-hybridized carbons (Fsp3) is 0.136. The molecule has 0 radical (unpaired) electrons. The maximum Gasteiger partial charge on any atom is 0.249 e. The first-order valence-electron chi connectivity index (χ1n) is 8.89. The lowest BCUT2D eigenvalue weighted by atomic mass is 9.96. The molecule has 0 fully saturated rings. The van der Waals surface area contributed by atoms with E-state index in [2.05, 4.69) is 4.98 Å². The van der Waals surface area contributed by atoms with Gasteiger partial charge in [0.2, 0.25) is 5.91 Å². The average molecular weight is 374 g/mol. The van der Waals surface area contributed by atoms with Gasteiger partial charge in [0, 0.05) is 36.0 Å². The molecule has 0 bridgehead atoms. The fourth-order valence-corrected chi connectivity index (χ4v) is 3.25. The van der Waals surface area contributed by atoms with Gasteiger partial charge in [0.25, 0.3) is 0 Å². The number of benzene rings is 2. The molecule has 28 heavy (non-hydrogen) atoms. The molecule has 0 saturated carbocycles. The highest BCUT2D eigenvalue weighted by Crippen LogP contribution is 2.34. The summed E-state index contributed by atoms with van der Waals surface area (Å²) >= 11 is 0. The first-order chi connectivity index (χ1) is 13.6. The van der Waals surface area contributed by atoms with Gasteiger partial charge in [-0.3, -0.25) is 14.6 Å². The van der Waals surface area contributed by atoms with E-state index in [1.165, 1.54) is 0 Å². The molecule has 4 rings (SSSR count). The zero-order valence-electron chi connectivity index (χ0n) is 15.0. The van der Waals surface area contributed by atoms with Crippen molar-refractivity contribution in [3.8, 4) is 11.5 Å². The average Bonchev–Trinajstić information content (AvgIpc) is 2.73. The summed E-state index contributed by atoms with van der Waals surface area (Å²) in [6.07, 6.45) is 3.11. The van der Waals surface area contributed by atoms with Crippen molar-refractivity contribution < 1.29 is 19.1 Å². The molecule has 0 spiro atoms. The summed E-state index contributed by atoms with van der Waals surface area (Å²) in [5, 5.41) is 0. The van der Waals surface area contributed by atoms with Crippen LogP contribution >= 0.6 is 0 Å². The molecule has 0 saturated heterocycles. The van der Waals surface area contributed by atoms with E-state index in [-0.39, 0.29) is 5.78 Å². The minimum atomic E-state index is -0.580. The third-order valence-corrected chi connectivity index (χ3v) is 4.61. The number of amides is 1. The lowest BCUT2D eigenvalue weighted by Crippen LogP contribution is -2.19. The van der Waals surface area contributed by atoms with Crippen LogP contribution in [0.25, 0.3) is 0 Å². The fourth-order valence-electron chi connectivity index (χ4n) is 3.25. The summed E-state index contributed by atoms with van der Waals surface area (Å²) in [5.41, 5.74) is 7.97. The molecule has 3 aromatic rings. The van der Waals surface area contributed by atoms with Crippen LogP contribution in [0.5, 0.6) is 11.5 Å². The van der Waals surface area contributed by atoms with E-state index < -0.39 is 12.0 Å². The van der Waals surface area contributed by atoms with E-state index in [0.717, 1.165) is 5.56 Å². The van der Waals surface area contributed by atoms with Crippen LogP contribution in [-0.4, -0.2) is 23.3 Å². The van der Waals surface area contributed by atoms with Gasteiger partial charge in [-0.15, -0.1) is 0 Å². The standard InChI is InChI=1S/C22H18N2O4/c23-22(26)17-4-2-1-3-16(17)21(14-7-10-24-11-8-14)28-15-5-6-18-19(25)9-12-27-20(18)13-15/h1-8,10-11,13,21H,9,12H2,(H2,23,26)/t21-/m0/s1. The van der Waals surface area contributed by atoms with Crippen molar-refractivity contribution >= 4 is 11.7 Å². The molecular formula is C22H18N2O4. The largest absolute Gasteiger partial charge is 0.492 e. The topological polar surface area (TPSA) is 91.5 Å². The number of carbonyl (C=O) groups excluding carboxylic acids is 2. The summed E-state index contributed by atoms with van der Waals surface area (Å²) in [6, 6.07) is 15.8. The molecule has 6 nitrogen and oxygen atoms in total. The first-order valence-corrected chi connectivity index (χ1v) is 8.89. The van der Waals surface area contributed by atoms with Crippen LogP contribution in [0.2, 0.25) is 0 Å². The molecule has 2 N–H and O–H groups in total. The molecule has 1 aliphatic heterocycles. The number of hydrogen-bond acceptors (Lipinski definition) is 5. The molecule has 1 atom stereocenters. The lowest BCUT2D eigenvalue weighted by molar-refractivity contribution is 0.0931. The first kappa shape index (κ1) is 17.7. The van der Waals surface area contributed by atoms with Gasteiger partial charge in [-0.05, 0) is 35.9 Å². The third-order valence-electron chi connectivity index (χ3n) is 4.61. The molecule has 1 amide bonds. The number of primary amides is 1. The summed E-state index contributed by atoms with van der Waals surface area (Å²) in [5.74, 6) is 0.551. The van der Waals surface area contributed by atoms with E-state index in [1.54, 1.807) is 42.7 Å². The smallest absolute Gasteiger partial charge is 0.249 e. The Morgan fingerprint density at radius 3 is 2.68 bits per heavy atom. The number of fused-ring (bicyclic) bond motifs is 1. The van der Waals surface area contributed by atoms with Crippen molar-refractivity contribution in [3.63, 3.8) is 0 Å². The quantitative estimate of drug-likeness (QED) is 0.740. The van der Waals surface area contributed by atoms with Crippen molar-refractivity contribution in [1.29, 1.82) is 0 Å². The number of pyridine rings is 1. The molecule has 2 heterocycles. The Hall–Kier alpha value is -3.67.